The number of aliphatic hydroxyl groups is 1. The van der Waals surface area contributed by atoms with Gasteiger partial charge in [0.2, 0.25) is 5.70 Å². The molecule has 134 valence electrons. The summed E-state index contributed by atoms with van der Waals surface area (Å²) in [4.78, 5) is 14.1. The molecule has 0 amide bonds. The maximum atomic E-state index is 12.3. The average Bonchev–Trinajstić information content (AvgIpc) is 3.38. The molecule has 6 nitrogen and oxygen atoms in total. The summed E-state index contributed by atoms with van der Waals surface area (Å²) in [6.07, 6.45) is 3.66. The third-order valence-corrected chi connectivity index (χ3v) is 3.57. The number of carbonyl (C=O) groups excluding carboxylic acids is 1. The van der Waals surface area contributed by atoms with Gasteiger partial charge >= 0.3 is 5.97 Å². The molecule has 0 heterocycles. The van der Waals surface area contributed by atoms with Crippen molar-refractivity contribution < 1.29 is 14.6 Å². The van der Waals surface area contributed by atoms with Crippen LogP contribution in [-0.2, 0) is 9.53 Å². The Morgan fingerprint density at radius 2 is 1.96 bits per heavy atom. The summed E-state index contributed by atoms with van der Waals surface area (Å²) in [5.74, 6) is -0.915. The highest BCUT2D eigenvalue weighted by atomic mass is 16.5. The number of aliphatic hydroxyl groups excluding tert-OH is 1. The molecule has 1 aliphatic carbocycles. The van der Waals surface area contributed by atoms with Crippen LogP contribution in [0, 0.1) is 6.92 Å². The summed E-state index contributed by atoms with van der Waals surface area (Å²) in [6.45, 7) is 3.90. The third kappa shape index (κ3) is 5.45. The van der Waals surface area contributed by atoms with Crippen LogP contribution in [0.3, 0.4) is 0 Å². The summed E-state index contributed by atoms with van der Waals surface area (Å²) in [5, 5.41) is 18.9. The molecule has 6 heteroatoms. The van der Waals surface area contributed by atoms with Crippen LogP contribution in [0.15, 0.2) is 52.2 Å². The lowest BCUT2D eigenvalue weighted by molar-refractivity contribution is -0.138. The van der Waals surface area contributed by atoms with Crippen molar-refractivity contribution in [1.29, 1.82) is 0 Å². The molecule has 2 rings (SSSR count). The van der Waals surface area contributed by atoms with Gasteiger partial charge < -0.3 is 14.7 Å². The van der Waals surface area contributed by atoms with Gasteiger partial charge in [-0.25, -0.2) is 4.79 Å². The molecule has 0 saturated heterocycles. The molecule has 1 aromatic carbocycles. The molecule has 1 fully saturated rings. The summed E-state index contributed by atoms with van der Waals surface area (Å²) in [7, 11) is 3.69. The quantitative estimate of drug-likeness (QED) is 0.268. The number of benzene rings is 1. The standard InChI is InChI=1S/C19H25N3O3/c1-5-25-19(24)17(21-20-15-10-11-15)18(23)16(12-22(3)4)14-8-6-13(2)7-9-14/h6-9,12,15,23H,5,10-11H2,1-4H3. The van der Waals surface area contributed by atoms with E-state index in [1.54, 1.807) is 18.0 Å². The molecule has 1 saturated carbocycles. The largest absolute Gasteiger partial charge is 0.505 e. The van der Waals surface area contributed by atoms with E-state index in [4.69, 9.17) is 4.74 Å². The van der Waals surface area contributed by atoms with Gasteiger partial charge in [-0.3, -0.25) is 0 Å². The lowest BCUT2D eigenvalue weighted by atomic mass is 10.0. The van der Waals surface area contributed by atoms with Crippen LogP contribution in [-0.4, -0.2) is 42.7 Å². The number of hydrogen-bond acceptors (Lipinski definition) is 6. The van der Waals surface area contributed by atoms with Crippen LogP contribution < -0.4 is 0 Å². The first-order valence-electron chi connectivity index (χ1n) is 8.39. The SMILES string of the molecule is CCOC(=O)C(N=NC1CC1)=C(O)C(=CN(C)C)c1ccc(C)cc1. The molecule has 0 radical (unpaired) electrons. The molecule has 1 aliphatic rings. The third-order valence-electron chi connectivity index (χ3n) is 3.57. The van der Waals surface area contributed by atoms with Crippen LogP contribution in [0.25, 0.3) is 5.57 Å². The van der Waals surface area contributed by atoms with Gasteiger partial charge in [0.15, 0.2) is 5.76 Å². The number of hydrogen-bond donors (Lipinski definition) is 1. The number of aryl methyl sites for hydroxylation is 1. The Morgan fingerprint density at radius 1 is 1.32 bits per heavy atom. The highest BCUT2D eigenvalue weighted by Gasteiger charge is 2.24. The van der Waals surface area contributed by atoms with Gasteiger partial charge in [-0.2, -0.15) is 5.11 Å². The summed E-state index contributed by atoms with van der Waals surface area (Å²) >= 11 is 0. The Labute approximate surface area is 148 Å². The summed E-state index contributed by atoms with van der Waals surface area (Å²) in [5.41, 5.74) is 2.21. The zero-order chi connectivity index (χ0) is 18.4. The fraction of sp³-hybridized carbons (Fsp3) is 0.421. The Hall–Kier alpha value is -2.63. The Bertz CT molecular complexity index is 699. The number of nitrogens with zero attached hydrogens (tertiary/aromatic N) is 3. The number of allylic oxidation sites excluding steroid dienone is 1. The predicted molar refractivity (Wildman–Crippen MR) is 97.0 cm³/mol. The maximum absolute atomic E-state index is 12.3. The second kappa shape index (κ2) is 8.46. The van der Waals surface area contributed by atoms with Crippen molar-refractivity contribution in [3.8, 4) is 0 Å². The molecule has 1 aromatic rings. The minimum Gasteiger partial charge on any atom is -0.505 e. The van der Waals surface area contributed by atoms with Crippen molar-refractivity contribution in [3.05, 3.63) is 53.0 Å². The van der Waals surface area contributed by atoms with Crippen molar-refractivity contribution in [2.24, 2.45) is 10.2 Å². The molecule has 0 aromatic heterocycles. The van der Waals surface area contributed by atoms with E-state index in [9.17, 15) is 9.90 Å². The van der Waals surface area contributed by atoms with E-state index in [1.165, 1.54) is 0 Å². The Kier molecular flexibility index (Phi) is 6.33. The zero-order valence-corrected chi connectivity index (χ0v) is 15.2. The zero-order valence-electron chi connectivity index (χ0n) is 15.2. The van der Waals surface area contributed by atoms with Crippen molar-refractivity contribution in [2.75, 3.05) is 20.7 Å². The second-order valence-corrected chi connectivity index (χ2v) is 6.24. The minimum atomic E-state index is -0.679. The Balaban J connectivity index is 2.50. The molecule has 0 aliphatic heterocycles. The van der Waals surface area contributed by atoms with Crippen LogP contribution in [0.5, 0.6) is 0 Å². The number of ether oxygens (including phenoxy) is 1. The fourth-order valence-electron chi connectivity index (χ4n) is 2.10. The number of rotatable bonds is 7. The fourth-order valence-corrected chi connectivity index (χ4v) is 2.10. The molecule has 0 spiro atoms. The lowest BCUT2D eigenvalue weighted by Crippen LogP contribution is -2.11. The van der Waals surface area contributed by atoms with Gasteiger partial charge in [-0.1, -0.05) is 29.8 Å². The first-order valence-corrected chi connectivity index (χ1v) is 8.39. The van der Waals surface area contributed by atoms with Crippen molar-refractivity contribution in [2.45, 2.75) is 32.7 Å². The topological polar surface area (TPSA) is 74.5 Å². The van der Waals surface area contributed by atoms with E-state index >= 15 is 0 Å². The van der Waals surface area contributed by atoms with Crippen LogP contribution >= 0.6 is 0 Å². The van der Waals surface area contributed by atoms with Gasteiger partial charge in [0, 0.05) is 25.9 Å². The molecule has 0 bridgehead atoms. The van der Waals surface area contributed by atoms with Gasteiger partial charge in [0.1, 0.15) is 0 Å². The molecule has 0 unspecified atom stereocenters. The summed E-state index contributed by atoms with van der Waals surface area (Å²) < 4.78 is 5.04. The number of esters is 1. The highest BCUT2D eigenvalue weighted by Crippen LogP contribution is 2.28. The van der Waals surface area contributed by atoms with E-state index < -0.39 is 5.97 Å². The van der Waals surface area contributed by atoms with Crippen LogP contribution in [0.1, 0.15) is 30.9 Å². The first-order chi connectivity index (χ1) is 11.9. The van der Waals surface area contributed by atoms with E-state index in [0.717, 1.165) is 24.0 Å². The van der Waals surface area contributed by atoms with E-state index in [2.05, 4.69) is 10.2 Å². The maximum Gasteiger partial charge on any atom is 0.362 e. The second-order valence-electron chi connectivity index (χ2n) is 6.24. The molecule has 1 N–H and O–H groups in total. The smallest absolute Gasteiger partial charge is 0.362 e. The number of azo groups is 1. The average molecular weight is 343 g/mol. The van der Waals surface area contributed by atoms with Gasteiger partial charge in [0.05, 0.1) is 12.6 Å². The predicted octanol–water partition coefficient (Wildman–Crippen LogP) is 3.84. The van der Waals surface area contributed by atoms with Crippen LogP contribution in [0.2, 0.25) is 0 Å². The van der Waals surface area contributed by atoms with Gasteiger partial charge in [-0.15, -0.1) is 5.11 Å². The van der Waals surface area contributed by atoms with Gasteiger partial charge in [0.25, 0.3) is 0 Å². The number of carbonyl (C=O) groups is 1. The highest BCUT2D eigenvalue weighted by molar-refractivity contribution is 5.93. The Morgan fingerprint density at radius 3 is 2.48 bits per heavy atom. The molecule has 25 heavy (non-hydrogen) atoms. The summed E-state index contributed by atoms with van der Waals surface area (Å²) in [6, 6.07) is 7.81. The lowest BCUT2D eigenvalue weighted by Gasteiger charge is -2.14. The van der Waals surface area contributed by atoms with Crippen molar-refractivity contribution >= 4 is 11.5 Å². The van der Waals surface area contributed by atoms with Crippen LogP contribution in [0.4, 0.5) is 0 Å². The minimum absolute atomic E-state index is 0.137. The normalized spacial score (nSPS) is 15.9. The van der Waals surface area contributed by atoms with E-state index in [0.29, 0.717) is 5.57 Å². The van der Waals surface area contributed by atoms with E-state index in [1.807, 2.05) is 45.3 Å². The molecular formula is C19H25N3O3. The van der Waals surface area contributed by atoms with E-state index in [-0.39, 0.29) is 24.1 Å². The monoisotopic (exact) mass is 343 g/mol. The van der Waals surface area contributed by atoms with Crippen molar-refractivity contribution in [3.63, 3.8) is 0 Å². The van der Waals surface area contributed by atoms with Crippen molar-refractivity contribution in [1.82, 2.24) is 4.90 Å². The van der Waals surface area contributed by atoms with Gasteiger partial charge in [-0.05, 0) is 32.3 Å². The molecule has 0 atom stereocenters. The molecular weight excluding hydrogens is 318 g/mol. The first kappa shape index (κ1) is 18.7.